The van der Waals surface area contributed by atoms with Gasteiger partial charge in [0.25, 0.3) is 0 Å². The van der Waals surface area contributed by atoms with Crippen molar-refractivity contribution in [3.05, 3.63) is 12.1 Å². The van der Waals surface area contributed by atoms with E-state index in [2.05, 4.69) is 38.0 Å². The molecule has 0 fully saturated rings. The number of methoxy groups -OCH3 is 1. The van der Waals surface area contributed by atoms with Crippen LogP contribution in [0.2, 0.25) is 0 Å². The van der Waals surface area contributed by atoms with Gasteiger partial charge in [-0.05, 0) is 29.9 Å². The van der Waals surface area contributed by atoms with Gasteiger partial charge in [-0.3, -0.25) is 0 Å². The van der Waals surface area contributed by atoms with E-state index in [0.717, 1.165) is 25.4 Å². The van der Waals surface area contributed by atoms with E-state index in [0.29, 0.717) is 24.1 Å². The fourth-order valence-electron chi connectivity index (χ4n) is 1.71. The maximum Gasteiger partial charge on any atom is 0.239 e. The van der Waals surface area contributed by atoms with Gasteiger partial charge in [0.2, 0.25) is 5.88 Å². The highest BCUT2D eigenvalue weighted by Crippen LogP contribution is 2.24. The second-order valence-corrected chi connectivity index (χ2v) is 6.56. The Balaban J connectivity index is 2.61. The molecule has 0 spiro atoms. The van der Waals surface area contributed by atoms with Gasteiger partial charge >= 0.3 is 0 Å². The molecule has 0 radical (unpaired) electrons. The summed E-state index contributed by atoms with van der Waals surface area (Å²) < 4.78 is 10.8. The number of rotatable bonds is 9. The van der Waals surface area contributed by atoms with Crippen molar-refractivity contribution in [2.75, 3.05) is 37.9 Å². The maximum atomic E-state index is 5.89. The number of nitrogens with one attached hydrogen (secondary N) is 1. The number of anilines is 2. The Bertz CT molecular complexity index is 434. The molecule has 0 saturated carbocycles. The lowest BCUT2D eigenvalue weighted by Crippen LogP contribution is -2.25. The summed E-state index contributed by atoms with van der Waals surface area (Å²) in [5.74, 6) is 1.73. The van der Waals surface area contributed by atoms with E-state index in [9.17, 15) is 0 Å². The van der Waals surface area contributed by atoms with Crippen LogP contribution in [0.25, 0.3) is 0 Å². The molecule has 0 aliphatic heterocycles. The molecular weight excluding hydrogens is 266 g/mol. The van der Waals surface area contributed by atoms with Crippen molar-refractivity contribution >= 4 is 11.5 Å². The predicted molar refractivity (Wildman–Crippen MR) is 87.7 cm³/mol. The molecule has 0 aliphatic carbocycles. The van der Waals surface area contributed by atoms with E-state index >= 15 is 0 Å². The first-order valence-corrected chi connectivity index (χ1v) is 7.46. The molecule has 0 unspecified atom stereocenters. The van der Waals surface area contributed by atoms with Gasteiger partial charge in [0.05, 0.1) is 12.3 Å². The molecule has 0 bridgehead atoms. The Morgan fingerprint density at radius 2 is 2.05 bits per heavy atom. The molecule has 21 heavy (non-hydrogen) atoms. The molecular formula is C16H29N3O2. The monoisotopic (exact) mass is 295 g/mol. The molecule has 0 atom stereocenters. The van der Waals surface area contributed by atoms with Gasteiger partial charge in [0, 0.05) is 20.3 Å². The third-order valence-electron chi connectivity index (χ3n) is 3.17. The lowest BCUT2D eigenvalue weighted by atomic mass is 9.90. The number of hydrogen-bond acceptors (Lipinski definition) is 5. The van der Waals surface area contributed by atoms with Crippen molar-refractivity contribution in [1.29, 1.82) is 0 Å². The van der Waals surface area contributed by atoms with Crippen LogP contribution in [-0.4, -0.2) is 31.9 Å². The van der Waals surface area contributed by atoms with E-state index in [1.54, 1.807) is 7.11 Å². The van der Waals surface area contributed by atoms with Crippen molar-refractivity contribution < 1.29 is 9.47 Å². The van der Waals surface area contributed by atoms with Crippen molar-refractivity contribution in [3.8, 4) is 5.88 Å². The molecule has 3 N–H and O–H groups in total. The van der Waals surface area contributed by atoms with Crippen LogP contribution >= 0.6 is 0 Å². The standard InChI is InChI=1S/C16H29N3O2/c1-12(2)10-21-15-13(17)6-7-14(19-15)18-11-16(3,4)8-9-20-5/h6-7,12H,8-11,17H2,1-5H3,(H,18,19). The minimum absolute atomic E-state index is 0.137. The van der Waals surface area contributed by atoms with Crippen molar-refractivity contribution in [2.24, 2.45) is 11.3 Å². The third-order valence-corrected chi connectivity index (χ3v) is 3.17. The molecule has 1 aromatic rings. The lowest BCUT2D eigenvalue weighted by Gasteiger charge is -2.25. The van der Waals surface area contributed by atoms with Crippen LogP contribution < -0.4 is 15.8 Å². The number of nitrogen functional groups attached to an aromatic ring is 1. The summed E-state index contributed by atoms with van der Waals surface area (Å²) in [6, 6.07) is 3.71. The zero-order valence-electron chi connectivity index (χ0n) is 13.9. The second kappa shape index (κ2) is 8.08. The van der Waals surface area contributed by atoms with Crippen LogP contribution in [0, 0.1) is 11.3 Å². The van der Waals surface area contributed by atoms with Crippen LogP contribution in [0.5, 0.6) is 5.88 Å². The van der Waals surface area contributed by atoms with Crippen LogP contribution in [0.4, 0.5) is 11.5 Å². The molecule has 1 heterocycles. The predicted octanol–water partition coefficient (Wildman–Crippen LogP) is 3.17. The van der Waals surface area contributed by atoms with Gasteiger partial charge in [-0.2, -0.15) is 4.98 Å². The normalized spacial score (nSPS) is 11.7. The summed E-state index contributed by atoms with van der Waals surface area (Å²) in [7, 11) is 1.73. The number of aromatic nitrogens is 1. The summed E-state index contributed by atoms with van der Waals surface area (Å²) in [6.07, 6.45) is 0.988. The zero-order valence-corrected chi connectivity index (χ0v) is 13.9. The van der Waals surface area contributed by atoms with Gasteiger partial charge in [-0.1, -0.05) is 27.7 Å². The van der Waals surface area contributed by atoms with E-state index in [4.69, 9.17) is 15.2 Å². The van der Waals surface area contributed by atoms with E-state index < -0.39 is 0 Å². The third kappa shape index (κ3) is 6.67. The first-order chi connectivity index (χ1) is 9.84. The fraction of sp³-hybridized carbons (Fsp3) is 0.688. The Morgan fingerprint density at radius 1 is 1.33 bits per heavy atom. The van der Waals surface area contributed by atoms with Gasteiger partial charge in [-0.25, -0.2) is 0 Å². The van der Waals surface area contributed by atoms with Crippen LogP contribution in [0.3, 0.4) is 0 Å². The summed E-state index contributed by atoms with van der Waals surface area (Å²) in [4.78, 5) is 4.44. The second-order valence-electron chi connectivity index (χ2n) is 6.56. The molecule has 5 heteroatoms. The molecule has 0 aliphatic rings. The number of nitrogens with zero attached hydrogens (tertiary/aromatic N) is 1. The average Bonchev–Trinajstić information content (AvgIpc) is 2.43. The highest BCUT2D eigenvalue weighted by molar-refractivity contribution is 5.53. The molecule has 0 aromatic carbocycles. The van der Waals surface area contributed by atoms with E-state index in [1.165, 1.54) is 0 Å². The van der Waals surface area contributed by atoms with E-state index in [1.807, 2.05) is 12.1 Å². The first-order valence-electron chi connectivity index (χ1n) is 7.46. The van der Waals surface area contributed by atoms with Crippen molar-refractivity contribution in [3.63, 3.8) is 0 Å². The highest BCUT2D eigenvalue weighted by atomic mass is 16.5. The number of hydrogen-bond donors (Lipinski definition) is 2. The molecule has 5 nitrogen and oxygen atoms in total. The van der Waals surface area contributed by atoms with Crippen LogP contribution in [-0.2, 0) is 4.74 Å². The number of ether oxygens (including phenoxy) is 2. The quantitative estimate of drug-likeness (QED) is 0.732. The highest BCUT2D eigenvalue weighted by Gasteiger charge is 2.17. The SMILES string of the molecule is COCCC(C)(C)CNc1ccc(N)c(OCC(C)C)n1. The number of pyridine rings is 1. The molecule has 1 aromatic heterocycles. The minimum Gasteiger partial charge on any atom is -0.476 e. The smallest absolute Gasteiger partial charge is 0.239 e. The van der Waals surface area contributed by atoms with Gasteiger partial charge in [0.15, 0.2) is 0 Å². The Morgan fingerprint density at radius 3 is 2.67 bits per heavy atom. The average molecular weight is 295 g/mol. The fourth-order valence-corrected chi connectivity index (χ4v) is 1.71. The van der Waals surface area contributed by atoms with Gasteiger partial charge in [0.1, 0.15) is 5.82 Å². The van der Waals surface area contributed by atoms with Gasteiger partial charge in [-0.15, -0.1) is 0 Å². The molecule has 1 rings (SSSR count). The van der Waals surface area contributed by atoms with Crippen LogP contribution in [0.1, 0.15) is 34.1 Å². The van der Waals surface area contributed by atoms with Gasteiger partial charge < -0.3 is 20.5 Å². The summed E-state index contributed by atoms with van der Waals surface area (Å²) in [5, 5.41) is 3.35. The minimum atomic E-state index is 0.137. The molecule has 0 amide bonds. The van der Waals surface area contributed by atoms with Crippen molar-refractivity contribution in [2.45, 2.75) is 34.1 Å². The largest absolute Gasteiger partial charge is 0.476 e. The number of nitrogens with two attached hydrogens (primary N) is 1. The topological polar surface area (TPSA) is 69.4 Å². The summed E-state index contributed by atoms with van der Waals surface area (Å²) in [6.45, 7) is 10.8. The Hall–Kier alpha value is -1.49. The molecule has 0 saturated heterocycles. The summed E-state index contributed by atoms with van der Waals surface area (Å²) >= 11 is 0. The lowest BCUT2D eigenvalue weighted by molar-refractivity contribution is 0.157. The first kappa shape index (κ1) is 17.6. The van der Waals surface area contributed by atoms with Crippen LogP contribution in [0.15, 0.2) is 12.1 Å². The Labute approximate surface area is 128 Å². The van der Waals surface area contributed by atoms with E-state index in [-0.39, 0.29) is 5.41 Å². The summed E-state index contributed by atoms with van der Waals surface area (Å²) in [5.41, 5.74) is 6.60. The molecule has 120 valence electrons. The zero-order chi connectivity index (χ0) is 15.9. The Kier molecular flexibility index (Phi) is 6.75. The maximum absolute atomic E-state index is 5.89. The van der Waals surface area contributed by atoms with Crippen molar-refractivity contribution in [1.82, 2.24) is 4.98 Å².